The topological polar surface area (TPSA) is 64.9 Å². The Hall–Kier alpha value is -1.88. The molecule has 0 aromatic carbocycles. The number of pyridine rings is 1. The van der Waals surface area contributed by atoms with Gasteiger partial charge in [0.05, 0.1) is 0 Å². The highest BCUT2D eigenvalue weighted by Crippen LogP contribution is 2.30. The van der Waals surface area contributed by atoms with Gasteiger partial charge in [-0.3, -0.25) is 4.98 Å². The predicted molar refractivity (Wildman–Crippen MR) is 59.5 cm³/mol. The van der Waals surface area contributed by atoms with Crippen molar-refractivity contribution >= 4 is 27.4 Å². The summed E-state index contributed by atoms with van der Waals surface area (Å²) in [5.74, 6) is 0.514. The van der Waals surface area contributed by atoms with E-state index in [4.69, 9.17) is 10.2 Å². The minimum Gasteiger partial charge on any atom is -0.434 e. The fourth-order valence-electron chi connectivity index (χ4n) is 1.36. The van der Waals surface area contributed by atoms with Crippen molar-refractivity contribution < 1.29 is 4.42 Å². The lowest BCUT2D eigenvalue weighted by molar-refractivity contribution is 0.617. The van der Waals surface area contributed by atoms with Gasteiger partial charge in [-0.05, 0) is 12.1 Å². The van der Waals surface area contributed by atoms with Crippen molar-refractivity contribution in [1.29, 1.82) is 0 Å². The summed E-state index contributed by atoms with van der Waals surface area (Å²) in [7, 11) is 0. The lowest BCUT2D eigenvalue weighted by Crippen LogP contribution is -1.82. The van der Waals surface area contributed by atoms with E-state index in [0.29, 0.717) is 10.9 Å². The zero-order chi connectivity index (χ0) is 10.3. The molecule has 0 radical (unpaired) electrons. The van der Waals surface area contributed by atoms with Crippen molar-refractivity contribution in [2.24, 2.45) is 0 Å². The standard InChI is InChI=1S/C10H7N3OS/c11-9-8-7(5-15-9)14-10(13-8)6-3-1-2-4-12-6/h1-5H,11H2. The minimum absolute atomic E-state index is 0.514. The van der Waals surface area contributed by atoms with E-state index in [1.807, 2.05) is 23.6 Å². The fraction of sp³-hybridized carbons (Fsp3) is 0. The number of aromatic nitrogens is 2. The van der Waals surface area contributed by atoms with Crippen LogP contribution < -0.4 is 5.73 Å². The van der Waals surface area contributed by atoms with Crippen LogP contribution >= 0.6 is 11.3 Å². The minimum atomic E-state index is 0.514. The zero-order valence-corrected chi connectivity index (χ0v) is 8.49. The quantitative estimate of drug-likeness (QED) is 0.680. The summed E-state index contributed by atoms with van der Waals surface area (Å²) in [5, 5.41) is 2.53. The molecule has 0 atom stereocenters. The second kappa shape index (κ2) is 3.06. The molecule has 74 valence electrons. The summed E-state index contributed by atoms with van der Waals surface area (Å²) >= 11 is 1.43. The van der Waals surface area contributed by atoms with Crippen LogP contribution in [-0.2, 0) is 0 Å². The third-order valence-corrected chi connectivity index (χ3v) is 2.84. The van der Waals surface area contributed by atoms with Crippen LogP contribution in [0.15, 0.2) is 34.2 Å². The Labute approximate surface area is 89.4 Å². The van der Waals surface area contributed by atoms with Crippen LogP contribution in [0.2, 0.25) is 0 Å². The Kier molecular flexibility index (Phi) is 1.72. The normalized spacial score (nSPS) is 10.9. The van der Waals surface area contributed by atoms with Crippen LogP contribution in [0, 0.1) is 0 Å². The SMILES string of the molecule is Nc1scc2oc(-c3ccccn3)nc12. The first-order valence-corrected chi connectivity index (χ1v) is 5.27. The molecule has 3 rings (SSSR count). The average molecular weight is 217 g/mol. The number of fused-ring (bicyclic) bond motifs is 1. The molecule has 0 fully saturated rings. The molecule has 0 spiro atoms. The van der Waals surface area contributed by atoms with Gasteiger partial charge in [0.25, 0.3) is 0 Å². The van der Waals surface area contributed by atoms with Crippen LogP contribution in [0.4, 0.5) is 5.00 Å². The van der Waals surface area contributed by atoms with E-state index in [9.17, 15) is 0 Å². The lowest BCUT2D eigenvalue weighted by atomic mass is 10.3. The van der Waals surface area contributed by atoms with Crippen molar-refractivity contribution in [3.63, 3.8) is 0 Å². The van der Waals surface area contributed by atoms with E-state index in [0.717, 1.165) is 16.8 Å². The number of nitrogens with zero attached hydrogens (tertiary/aromatic N) is 2. The highest BCUT2D eigenvalue weighted by Gasteiger charge is 2.12. The zero-order valence-electron chi connectivity index (χ0n) is 7.68. The Morgan fingerprint density at radius 3 is 3.00 bits per heavy atom. The van der Waals surface area contributed by atoms with Gasteiger partial charge in [0, 0.05) is 11.6 Å². The molecular formula is C10H7N3OS. The maximum absolute atomic E-state index is 5.74. The monoisotopic (exact) mass is 217 g/mol. The Balaban J connectivity index is 2.20. The summed E-state index contributed by atoms with van der Waals surface area (Å²) < 4.78 is 5.53. The molecule has 0 aliphatic rings. The van der Waals surface area contributed by atoms with Crippen LogP contribution in [0.5, 0.6) is 0 Å². The molecule has 3 aromatic rings. The molecule has 0 unspecified atom stereocenters. The first-order chi connectivity index (χ1) is 7.34. The van der Waals surface area contributed by atoms with Crippen LogP contribution in [0.25, 0.3) is 22.7 Å². The van der Waals surface area contributed by atoms with Gasteiger partial charge in [0.2, 0.25) is 5.89 Å². The molecular weight excluding hydrogens is 210 g/mol. The van der Waals surface area contributed by atoms with E-state index in [2.05, 4.69) is 9.97 Å². The largest absolute Gasteiger partial charge is 0.434 e. The first kappa shape index (κ1) is 8.43. The van der Waals surface area contributed by atoms with E-state index in [-0.39, 0.29) is 0 Å². The molecule has 2 N–H and O–H groups in total. The maximum atomic E-state index is 5.74. The molecule has 0 amide bonds. The molecule has 0 saturated heterocycles. The average Bonchev–Trinajstić information content (AvgIpc) is 2.83. The molecule has 4 nitrogen and oxygen atoms in total. The summed E-state index contributed by atoms with van der Waals surface area (Å²) in [5.41, 5.74) is 7.91. The molecule has 0 saturated carbocycles. The van der Waals surface area contributed by atoms with Gasteiger partial charge < -0.3 is 10.2 Å². The summed E-state index contributed by atoms with van der Waals surface area (Å²) in [4.78, 5) is 8.46. The van der Waals surface area contributed by atoms with Crippen molar-refractivity contribution in [3.8, 4) is 11.6 Å². The number of hydrogen-bond donors (Lipinski definition) is 1. The maximum Gasteiger partial charge on any atom is 0.246 e. The van der Waals surface area contributed by atoms with Crippen molar-refractivity contribution in [2.45, 2.75) is 0 Å². The number of nitrogen functional groups attached to an aromatic ring is 1. The van der Waals surface area contributed by atoms with Crippen molar-refractivity contribution in [1.82, 2.24) is 9.97 Å². The van der Waals surface area contributed by atoms with Gasteiger partial charge in [-0.2, -0.15) is 0 Å². The molecule has 0 aliphatic carbocycles. The van der Waals surface area contributed by atoms with E-state index >= 15 is 0 Å². The Morgan fingerprint density at radius 2 is 2.27 bits per heavy atom. The summed E-state index contributed by atoms with van der Waals surface area (Å²) in [6.07, 6.45) is 1.70. The lowest BCUT2D eigenvalue weighted by Gasteiger charge is -1.91. The second-order valence-corrected chi connectivity index (χ2v) is 3.96. The molecule has 0 aliphatic heterocycles. The third-order valence-electron chi connectivity index (χ3n) is 2.06. The van der Waals surface area contributed by atoms with Crippen molar-refractivity contribution in [2.75, 3.05) is 5.73 Å². The number of rotatable bonds is 1. The predicted octanol–water partition coefficient (Wildman–Crippen LogP) is 2.53. The molecule has 15 heavy (non-hydrogen) atoms. The van der Waals surface area contributed by atoms with Crippen molar-refractivity contribution in [3.05, 3.63) is 29.8 Å². The molecule has 5 heteroatoms. The van der Waals surface area contributed by atoms with E-state index in [1.165, 1.54) is 11.3 Å². The highest BCUT2D eigenvalue weighted by molar-refractivity contribution is 7.15. The molecule has 0 bridgehead atoms. The first-order valence-electron chi connectivity index (χ1n) is 4.39. The number of nitrogens with two attached hydrogens (primary N) is 1. The van der Waals surface area contributed by atoms with E-state index in [1.54, 1.807) is 6.20 Å². The van der Waals surface area contributed by atoms with Crippen LogP contribution in [0.3, 0.4) is 0 Å². The Bertz CT molecular complexity index is 599. The van der Waals surface area contributed by atoms with Gasteiger partial charge in [-0.15, -0.1) is 11.3 Å². The molecule has 3 aromatic heterocycles. The highest BCUT2D eigenvalue weighted by atomic mass is 32.1. The second-order valence-electron chi connectivity index (χ2n) is 3.05. The van der Waals surface area contributed by atoms with Crippen LogP contribution in [-0.4, -0.2) is 9.97 Å². The number of hydrogen-bond acceptors (Lipinski definition) is 5. The van der Waals surface area contributed by atoms with Gasteiger partial charge in [-0.1, -0.05) is 6.07 Å². The number of anilines is 1. The van der Waals surface area contributed by atoms with E-state index < -0.39 is 0 Å². The van der Waals surface area contributed by atoms with Gasteiger partial charge in [-0.25, -0.2) is 4.98 Å². The van der Waals surface area contributed by atoms with Gasteiger partial charge >= 0.3 is 0 Å². The number of thiophene rings is 1. The number of oxazole rings is 1. The third kappa shape index (κ3) is 1.28. The van der Waals surface area contributed by atoms with Crippen LogP contribution in [0.1, 0.15) is 0 Å². The molecule has 3 heterocycles. The van der Waals surface area contributed by atoms with Gasteiger partial charge in [0.1, 0.15) is 16.2 Å². The smallest absolute Gasteiger partial charge is 0.246 e. The fourth-order valence-corrected chi connectivity index (χ4v) is 2.01. The van der Waals surface area contributed by atoms with Gasteiger partial charge in [0.15, 0.2) is 5.58 Å². The summed E-state index contributed by atoms with van der Waals surface area (Å²) in [6, 6.07) is 5.59. The Morgan fingerprint density at radius 1 is 1.33 bits per heavy atom. The summed E-state index contributed by atoms with van der Waals surface area (Å²) in [6.45, 7) is 0.